The van der Waals surface area contributed by atoms with Gasteiger partial charge in [0.15, 0.2) is 5.67 Å². The second kappa shape index (κ2) is 8.42. The molecular formula is C23H31FN2O3. The minimum absolute atomic E-state index is 0.130. The van der Waals surface area contributed by atoms with Gasteiger partial charge in [-0.2, -0.15) is 0 Å². The van der Waals surface area contributed by atoms with Gasteiger partial charge in [0, 0.05) is 38.1 Å². The van der Waals surface area contributed by atoms with E-state index in [0.29, 0.717) is 25.9 Å². The number of carbonyl (C=O) groups excluding carboxylic acids is 2. The van der Waals surface area contributed by atoms with Crippen LogP contribution in [0, 0.1) is 11.8 Å². The first-order chi connectivity index (χ1) is 14.0. The molecular weight excluding hydrogens is 371 g/mol. The molecule has 0 N–H and O–H groups in total. The van der Waals surface area contributed by atoms with Gasteiger partial charge in [-0.05, 0) is 44.6 Å². The Hall–Kier alpha value is -1.95. The summed E-state index contributed by atoms with van der Waals surface area (Å²) in [6.07, 6.45) is 3.82. The highest BCUT2D eigenvalue weighted by atomic mass is 19.1. The van der Waals surface area contributed by atoms with E-state index in [4.69, 9.17) is 4.74 Å². The molecule has 3 aliphatic rings. The number of carbonyl (C=O) groups is 2. The van der Waals surface area contributed by atoms with E-state index in [-0.39, 0.29) is 42.9 Å². The standard InChI is InChI=1S/C23H31FN2O3/c1-17(18-6-3-2-4-7-18)26-13-11-23(24,15-26)16-29-22(28)20-8-5-12-25(14-20)21(27)19-9-10-19/h2-4,6-7,17,19-20H,5,8-16H2,1H3/t17-,20+,23-/m1/s1. The summed E-state index contributed by atoms with van der Waals surface area (Å²) in [7, 11) is 0. The van der Waals surface area contributed by atoms with Crippen molar-refractivity contribution in [3.8, 4) is 0 Å². The minimum atomic E-state index is -1.50. The van der Waals surface area contributed by atoms with E-state index >= 15 is 4.39 Å². The van der Waals surface area contributed by atoms with Crippen LogP contribution in [0.4, 0.5) is 4.39 Å². The Morgan fingerprint density at radius 3 is 2.66 bits per heavy atom. The van der Waals surface area contributed by atoms with Gasteiger partial charge in [-0.3, -0.25) is 14.5 Å². The number of esters is 1. The van der Waals surface area contributed by atoms with Crippen LogP contribution in [0.5, 0.6) is 0 Å². The molecule has 1 amide bonds. The quantitative estimate of drug-likeness (QED) is 0.685. The SMILES string of the molecule is C[C@H](c1ccccc1)N1CC[C@](F)(COC(=O)[C@H]2CCCN(C(=O)C3CC3)C2)C1. The molecule has 3 atom stereocenters. The molecule has 4 rings (SSSR count). The van der Waals surface area contributed by atoms with E-state index in [1.54, 1.807) is 4.90 Å². The Kier molecular flexibility index (Phi) is 5.91. The molecule has 5 nitrogen and oxygen atoms in total. The summed E-state index contributed by atoms with van der Waals surface area (Å²) < 4.78 is 20.7. The molecule has 0 aromatic heterocycles. The van der Waals surface area contributed by atoms with Crippen LogP contribution in [-0.4, -0.2) is 60.1 Å². The molecule has 1 aromatic rings. The molecule has 0 radical (unpaired) electrons. The number of hydrogen-bond acceptors (Lipinski definition) is 4. The van der Waals surface area contributed by atoms with Gasteiger partial charge in [0.05, 0.1) is 5.92 Å². The Morgan fingerprint density at radius 1 is 1.17 bits per heavy atom. The number of hydrogen-bond donors (Lipinski definition) is 0. The average Bonchev–Trinajstić information content (AvgIpc) is 3.54. The summed E-state index contributed by atoms with van der Waals surface area (Å²) in [5, 5.41) is 0. The van der Waals surface area contributed by atoms with Crippen molar-refractivity contribution in [3.05, 3.63) is 35.9 Å². The topological polar surface area (TPSA) is 49.9 Å². The zero-order chi connectivity index (χ0) is 20.4. The van der Waals surface area contributed by atoms with Crippen LogP contribution in [0.2, 0.25) is 0 Å². The first kappa shape index (κ1) is 20.3. The highest BCUT2D eigenvalue weighted by Gasteiger charge is 2.42. The van der Waals surface area contributed by atoms with Crippen molar-refractivity contribution in [2.24, 2.45) is 11.8 Å². The van der Waals surface area contributed by atoms with Crippen molar-refractivity contribution in [2.45, 2.75) is 50.7 Å². The van der Waals surface area contributed by atoms with Crippen LogP contribution < -0.4 is 0 Å². The summed E-state index contributed by atoms with van der Waals surface area (Å²) in [6.45, 7) is 3.95. The number of likely N-dealkylation sites (tertiary alicyclic amines) is 2. The largest absolute Gasteiger partial charge is 0.462 e. The van der Waals surface area contributed by atoms with Crippen LogP contribution in [0.3, 0.4) is 0 Å². The van der Waals surface area contributed by atoms with Gasteiger partial charge in [0.1, 0.15) is 6.61 Å². The van der Waals surface area contributed by atoms with Crippen molar-refractivity contribution in [1.82, 2.24) is 9.80 Å². The van der Waals surface area contributed by atoms with Crippen molar-refractivity contribution >= 4 is 11.9 Å². The third-order valence-corrected chi connectivity index (χ3v) is 6.63. The maximum Gasteiger partial charge on any atom is 0.310 e. The third kappa shape index (κ3) is 4.80. The van der Waals surface area contributed by atoms with E-state index in [9.17, 15) is 9.59 Å². The molecule has 1 aromatic carbocycles. The molecule has 29 heavy (non-hydrogen) atoms. The van der Waals surface area contributed by atoms with Gasteiger partial charge in [-0.25, -0.2) is 4.39 Å². The van der Waals surface area contributed by atoms with Crippen molar-refractivity contribution in [2.75, 3.05) is 32.8 Å². The third-order valence-electron chi connectivity index (χ3n) is 6.63. The van der Waals surface area contributed by atoms with Gasteiger partial charge in [0.25, 0.3) is 0 Å². The summed E-state index contributed by atoms with van der Waals surface area (Å²) in [4.78, 5) is 28.7. The summed E-state index contributed by atoms with van der Waals surface area (Å²) in [6, 6.07) is 10.2. The molecule has 1 aliphatic carbocycles. The maximum atomic E-state index is 15.3. The molecule has 2 heterocycles. The van der Waals surface area contributed by atoms with Gasteiger partial charge < -0.3 is 9.64 Å². The maximum absolute atomic E-state index is 15.3. The lowest BCUT2D eigenvalue weighted by atomic mass is 9.97. The molecule has 2 saturated heterocycles. The van der Waals surface area contributed by atoms with Crippen LogP contribution in [0.25, 0.3) is 0 Å². The van der Waals surface area contributed by atoms with Crippen LogP contribution in [0.1, 0.15) is 50.6 Å². The smallest absolute Gasteiger partial charge is 0.310 e. The Morgan fingerprint density at radius 2 is 1.93 bits per heavy atom. The first-order valence-electron chi connectivity index (χ1n) is 10.9. The predicted molar refractivity (Wildman–Crippen MR) is 108 cm³/mol. The van der Waals surface area contributed by atoms with Gasteiger partial charge in [-0.1, -0.05) is 30.3 Å². The lowest BCUT2D eigenvalue weighted by Crippen LogP contribution is -2.44. The number of ether oxygens (including phenoxy) is 1. The first-order valence-corrected chi connectivity index (χ1v) is 10.9. The molecule has 0 spiro atoms. The fraction of sp³-hybridized carbons (Fsp3) is 0.652. The fourth-order valence-corrected chi connectivity index (χ4v) is 4.53. The Labute approximate surface area is 172 Å². The molecule has 3 fully saturated rings. The van der Waals surface area contributed by atoms with E-state index in [1.807, 2.05) is 18.2 Å². The van der Waals surface area contributed by atoms with E-state index < -0.39 is 5.67 Å². The van der Waals surface area contributed by atoms with Crippen LogP contribution in [0.15, 0.2) is 30.3 Å². The van der Waals surface area contributed by atoms with E-state index in [1.165, 1.54) is 0 Å². The molecule has 6 heteroatoms. The molecule has 2 aliphatic heterocycles. The molecule has 158 valence electrons. The number of alkyl halides is 1. The average molecular weight is 403 g/mol. The Balaban J connectivity index is 1.27. The zero-order valence-electron chi connectivity index (χ0n) is 17.2. The normalized spacial score (nSPS) is 28.9. The van der Waals surface area contributed by atoms with Crippen LogP contribution >= 0.6 is 0 Å². The fourth-order valence-electron chi connectivity index (χ4n) is 4.53. The van der Waals surface area contributed by atoms with Gasteiger partial charge >= 0.3 is 5.97 Å². The molecule has 1 saturated carbocycles. The summed E-state index contributed by atoms with van der Waals surface area (Å²) in [5.74, 6) is -0.346. The second-order valence-electron chi connectivity index (χ2n) is 8.96. The zero-order valence-corrected chi connectivity index (χ0v) is 17.2. The monoisotopic (exact) mass is 402 g/mol. The minimum Gasteiger partial charge on any atom is -0.462 e. The highest BCUT2D eigenvalue weighted by molar-refractivity contribution is 5.82. The number of benzene rings is 1. The number of halogens is 1. The van der Waals surface area contributed by atoms with Crippen molar-refractivity contribution < 1.29 is 18.7 Å². The second-order valence-corrected chi connectivity index (χ2v) is 8.96. The van der Waals surface area contributed by atoms with Crippen molar-refractivity contribution in [1.29, 1.82) is 0 Å². The number of piperidine rings is 1. The predicted octanol–water partition coefficient (Wildman–Crippen LogP) is 3.35. The number of amides is 1. The van der Waals surface area contributed by atoms with Gasteiger partial charge in [0.2, 0.25) is 5.91 Å². The highest BCUT2D eigenvalue weighted by Crippen LogP contribution is 2.34. The van der Waals surface area contributed by atoms with E-state index in [0.717, 1.165) is 31.4 Å². The van der Waals surface area contributed by atoms with Gasteiger partial charge in [-0.15, -0.1) is 0 Å². The Bertz CT molecular complexity index is 739. The van der Waals surface area contributed by atoms with Crippen molar-refractivity contribution in [3.63, 3.8) is 0 Å². The summed E-state index contributed by atoms with van der Waals surface area (Å²) >= 11 is 0. The number of rotatable bonds is 6. The van der Waals surface area contributed by atoms with Crippen LogP contribution in [-0.2, 0) is 14.3 Å². The number of nitrogens with zero attached hydrogens (tertiary/aromatic N) is 2. The lowest BCUT2D eigenvalue weighted by molar-refractivity contribution is -0.155. The van der Waals surface area contributed by atoms with E-state index in [2.05, 4.69) is 24.0 Å². The molecule has 0 unspecified atom stereocenters. The molecule has 0 bridgehead atoms. The lowest BCUT2D eigenvalue weighted by Gasteiger charge is -2.32. The summed E-state index contributed by atoms with van der Waals surface area (Å²) in [5.41, 5.74) is -0.340.